The van der Waals surface area contributed by atoms with Gasteiger partial charge < -0.3 is 14.9 Å². The highest BCUT2D eigenvalue weighted by Crippen LogP contribution is 2.21. The predicted molar refractivity (Wildman–Crippen MR) is 64.1 cm³/mol. The zero-order valence-electron chi connectivity index (χ0n) is 10.3. The van der Waals surface area contributed by atoms with E-state index in [2.05, 4.69) is 23.9 Å². The van der Waals surface area contributed by atoms with E-state index in [4.69, 9.17) is 5.11 Å². The minimum absolute atomic E-state index is 0.268. The first-order valence-electron chi connectivity index (χ1n) is 6.23. The Labute approximate surface area is 94.1 Å². The summed E-state index contributed by atoms with van der Waals surface area (Å²) >= 11 is 0. The topological polar surface area (TPSA) is 26.7 Å². The molecular weight excluding hydrogens is 188 g/mol. The third kappa shape index (κ3) is 4.96. The van der Waals surface area contributed by atoms with Gasteiger partial charge in [-0.15, -0.1) is 0 Å². The molecule has 1 saturated carbocycles. The lowest BCUT2D eigenvalue weighted by atomic mass is 9.94. The van der Waals surface area contributed by atoms with E-state index >= 15 is 0 Å². The van der Waals surface area contributed by atoms with E-state index in [1.807, 2.05) is 0 Å². The summed E-state index contributed by atoms with van der Waals surface area (Å²) in [5, 5.41) is 8.80. The highest BCUT2D eigenvalue weighted by Gasteiger charge is 2.17. The first kappa shape index (κ1) is 12.9. The zero-order valence-corrected chi connectivity index (χ0v) is 10.3. The second-order valence-electron chi connectivity index (χ2n) is 4.80. The van der Waals surface area contributed by atoms with Gasteiger partial charge in [-0.25, -0.2) is 0 Å². The lowest BCUT2D eigenvalue weighted by Gasteiger charge is -2.32. The molecule has 1 rings (SSSR count). The largest absolute Gasteiger partial charge is 0.395 e. The maximum absolute atomic E-state index is 8.80. The Kier molecular flexibility index (Phi) is 6.22. The molecule has 0 saturated heterocycles. The summed E-state index contributed by atoms with van der Waals surface area (Å²) in [6.07, 6.45) is 6.98. The van der Waals surface area contributed by atoms with Crippen molar-refractivity contribution in [3.05, 3.63) is 0 Å². The van der Waals surface area contributed by atoms with E-state index < -0.39 is 0 Å². The van der Waals surface area contributed by atoms with Gasteiger partial charge in [0.2, 0.25) is 0 Å². The molecule has 0 aliphatic heterocycles. The van der Waals surface area contributed by atoms with Crippen LogP contribution in [0.1, 0.15) is 32.1 Å². The molecule has 0 heterocycles. The van der Waals surface area contributed by atoms with Gasteiger partial charge in [-0.3, -0.25) is 0 Å². The molecule has 0 unspecified atom stereocenters. The molecule has 1 N–H and O–H groups in total. The highest BCUT2D eigenvalue weighted by molar-refractivity contribution is 4.73. The summed E-state index contributed by atoms with van der Waals surface area (Å²) in [5.41, 5.74) is 0. The monoisotopic (exact) mass is 214 g/mol. The van der Waals surface area contributed by atoms with Crippen LogP contribution in [-0.2, 0) is 0 Å². The Morgan fingerprint density at radius 1 is 1.00 bits per heavy atom. The highest BCUT2D eigenvalue weighted by atomic mass is 16.3. The summed E-state index contributed by atoms with van der Waals surface area (Å²) in [6, 6.07) is 0.807. The van der Waals surface area contributed by atoms with Gasteiger partial charge >= 0.3 is 0 Å². The first-order valence-corrected chi connectivity index (χ1v) is 6.23. The van der Waals surface area contributed by atoms with Gasteiger partial charge in [0.05, 0.1) is 6.61 Å². The Bertz CT molecular complexity index is 158. The quantitative estimate of drug-likeness (QED) is 0.719. The second kappa shape index (κ2) is 7.20. The number of nitrogens with zero attached hydrogens (tertiary/aromatic N) is 2. The van der Waals surface area contributed by atoms with Crippen LogP contribution in [0.4, 0.5) is 0 Å². The van der Waals surface area contributed by atoms with Crippen molar-refractivity contribution in [2.24, 2.45) is 0 Å². The van der Waals surface area contributed by atoms with Crippen LogP contribution < -0.4 is 0 Å². The van der Waals surface area contributed by atoms with Gasteiger partial charge in [-0.05, 0) is 26.9 Å². The van der Waals surface area contributed by atoms with Crippen LogP contribution in [0.15, 0.2) is 0 Å². The van der Waals surface area contributed by atoms with Crippen LogP contribution in [0.25, 0.3) is 0 Å². The number of hydrogen-bond donors (Lipinski definition) is 1. The van der Waals surface area contributed by atoms with Gasteiger partial charge in [-0.2, -0.15) is 0 Å². The fraction of sp³-hybridized carbons (Fsp3) is 1.00. The molecule has 0 atom stereocenters. The third-order valence-electron chi connectivity index (χ3n) is 3.51. The molecule has 1 aliphatic rings. The number of aliphatic hydroxyl groups is 1. The predicted octanol–water partition coefficient (Wildman–Crippen LogP) is 1.17. The van der Waals surface area contributed by atoms with Gasteiger partial charge in [-0.1, -0.05) is 19.3 Å². The van der Waals surface area contributed by atoms with Crippen LogP contribution >= 0.6 is 0 Å². The fourth-order valence-electron chi connectivity index (χ4n) is 2.32. The molecule has 0 amide bonds. The smallest absolute Gasteiger partial charge is 0.0558 e. The molecule has 1 aliphatic carbocycles. The van der Waals surface area contributed by atoms with Gasteiger partial charge in [0.25, 0.3) is 0 Å². The van der Waals surface area contributed by atoms with E-state index in [-0.39, 0.29) is 6.61 Å². The third-order valence-corrected chi connectivity index (χ3v) is 3.51. The molecule has 0 aromatic carbocycles. The average Bonchev–Trinajstić information content (AvgIpc) is 2.27. The van der Waals surface area contributed by atoms with Crippen molar-refractivity contribution in [2.75, 3.05) is 40.3 Å². The molecule has 3 heteroatoms. The van der Waals surface area contributed by atoms with Crippen molar-refractivity contribution < 1.29 is 5.11 Å². The summed E-state index contributed by atoms with van der Waals surface area (Å²) in [5.74, 6) is 0. The first-order chi connectivity index (χ1) is 7.24. The second-order valence-corrected chi connectivity index (χ2v) is 4.80. The molecule has 90 valence electrons. The van der Waals surface area contributed by atoms with Crippen molar-refractivity contribution >= 4 is 0 Å². The normalized spacial score (nSPS) is 19.0. The van der Waals surface area contributed by atoms with Crippen LogP contribution in [-0.4, -0.2) is 61.3 Å². The summed E-state index contributed by atoms with van der Waals surface area (Å²) < 4.78 is 0. The lowest BCUT2D eigenvalue weighted by Crippen LogP contribution is -2.39. The Morgan fingerprint density at radius 3 is 2.27 bits per heavy atom. The number of aliphatic hydroxyl groups excluding tert-OH is 1. The minimum atomic E-state index is 0.268. The molecular formula is C12H26N2O. The Balaban J connectivity index is 2.13. The van der Waals surface area contributed by atoms with E-state index in [1.54, 1.807) is 0 Å². The number of hydrogen-bond acceptors (Lipinski definition) is 3. The van der Waals surface area contributed by atoms with Crippen LogP contribution in [0.3, 0.4) is 0 Å². The number of rotatable bonds is 6. The summed E-state index contributed by atoms with van der Waals surface area (Å²) in [7, 11) is 4.31. The minimum Gasteiger partial charge on any atom is -0.395 e. The van der Waals surface area contributed by atoms with Crippen molar-refractivity contribution in [1.82, 2.24) is 9.80 Å². The van der Waals surface area contributed by atoms with E-state index in [1.165, 1.54) is 32.1 Å². The Morgan fingerprint density at radius 2 is 1.67 bits per heavy atom. The molecule has 3 nitrogen and oxygen atoms in total. The van der Waals surface area contributed by atoms with Gasteiger partial charge in [0, 0.05) is 25.7 Å². The summed E-state index contributed by atoms with van der Waals surface area (Å²) in [4.78, 5) is 4.69. The maximum Gasteiger partial charge on any atom is 0.0558 e. The SMILES string of the molecule is CN(CCO)CCN(C)C1CCCCC1. The van der Waals surface area contributed by atoms with E-state index in [9.17, 15) is 0 Å². The zero-order chi connectivity index (χ0) is 11.1. The Hall–Kier alpha value is -0.120. The maximum atomic E-state index is 8.80. The van der Waals surface area contributed by atoms with Crippen molar-refractivity contribution in [3.63, 3.8) is 0 Å². The summed E-state index contributed by atoms with van der Waals surface area (Å²) in [6.45, 7) is 3.25. The fourth-order valence-corrected chi connectivity index (χ4v) is 2.32. The number of likely N-dealkylation sites (N-methyl/N-ethyl adjacent to an activating group) is 2. The average molecular weight is 214 g/mol. The van der Waals surface area contributed by atoms with Gasteiger partial charge in [0.15, 0.2) is 0 Å². The van der Waals surface area contributed by atoms with Crippen LogP contribution in [0.5, 0.6) is 0 Å². The molecule has 1 fully saturated rings. The van der Waals surface area contributed by atoms with E-state index in [0.29, 0.717) is 0 Å². The molecule has 0 aromatic heterocycles. The van der Waals surface area contributed by atoms with Crippen LogP contribution in [0, 0.1) is 0 Å². The molecule has 0 bridgehead atoms. The lowest BCUT2D eigenvalue weighted by molar-refractivity contribution is 0.158. The van der Waals surface area contributed by atoms with Crippen molar-refractivity contribution in [3.8, 4) is 0 Å². The van der Waals surface area contributed by atoms with Crippen LogP contribution in [0.2, 0.25) is 0 Å². The molecule has 0 aromatic rings. The standard InChI is InChI=1S/C12H26N2O/c1-13(10-11-15)8-9-14(2)12-6-4-3-5-7-12/h12,15H,3-11H2,1-2H3. The van der Waals surface area contributed by atoms with E-state index in [0.717, 1.165) is 25.7 Å². The van der Waals surface area contributed by atoms with Crippen molar-refractivity contribution in [2.45, 2.75) is 38.1 Å². The van der Waals surface area contributed by atoms with Gasteiger partial charge in [0.1, 0.15) is 0 Å². The molecule has 0 radical (unpaired) electrons. The van der Waals surface area contributed by atoms with Crippen molar-refractivity contribution in [1.29, 1.82) is 0 Å². The molecule has 0 spiro atoms. The molecule has 15 heavy (non-hydrogen) atoms.